The van der Waals surface area contributed by atoms with Crippen molar-refractivity contribution >= 4 is 27.2 Å². The third-order valence-electron chi connectivity index (χ3n) is 4.82. The van der Waals surface area contributed by atoms with E-state index in [2.05, 4.69) is 5.10 Å². The van der Waals surface area contributed by atoms with Gasteiger partial charge in [-0.2, -0.15) is 5.10 Å². The number of carbonyl (C=O) groups is 2. The fourth-order valence-electron chi connectivity index (χ4n) is 2.99. The van der Waals surface area contributed by atoms with Gasteiger partial charge in [0.15, 0.2) is 15.6 Å². The second-order valence-corrected chi connectivity index (χ2v) is 9.14. The van der Waals surface area contributed by atoms with Gasteiger partial charge in [0.25, 0.3) is 0 Å². The molecule has 0 fully saturated rings. The highest BCUT2D eigenvalue weighted by molar-refractivity contribution is 7.90. The Balaban J connectivity index is 2.72. The Labute approximate surface area is 171 Å². The fourth-order valence-corrected chi connectivity index (χ4v) is 3.98. The molecule has 0 unspecified atom stereocenters. The molecule has 0 saturated heterocycles. The third kappa shape index (κ3) is 4.48. The highest BCUT2D eigenvalue weighted by Crippen LogP contribution is 2.33. The molecule has 0 amide bonds. The zero-order chi connectivity index (χ0) is 22.1. The molecule has 0 aliphatic rings. The first-order valence-corrected chi connectivity index (χ1v) is 11.0. The van der Waals surface area contributed by atoms with Crippen molar-refractivity contribution in [1.82, 2.24) is 9.78 Å². The van der Waals surface area contributed by atoms with Crippen molar-refractivity contribution in [2.24, 2.45) is 7.05 Å². The fraction of sp³-hybridized carbons (Fsp3) is 0.381. The maximum absolute atomic E-state index is 13.3. The summed E-state index contributed by atoms with van der Waals surface area (Å²) in [7, 11) is -1.92. The summed E-state index contributed by atoms with van der Waals surface area (Å²) in [6.07, 6.45) is 2.65. The zero-order valence-corrected chi connectivity index (χ0v) is 18.6. The molecular formula is C21H26N2O5S. The van der Waals surface area contributed by atoms with Gasteiger partial charge >= 0.3 is 5.97 Å². The number of aromatic nitrogens is 2. The molecule has 8 heteroatoms. The molecule has 1 aromatic carbocycles. The molecule has 29 heavy (non-hydrogen) atoms. The summed E-state index contributed by atoms with van der Waals surface area (Å²) in [4.78, 5) is 25.2. The lowest BCUT2D eigenvalue weighted by Crippen LogP contribution is -2.14. The number of esters is 1. The number of allylic oxidation sites excluding steroid dienone is 2. The summed E-state index contributed by atoms with van der Waals surface area (Å²) in [5, 5.41) is 4.04. The van der Waals surface area contributed by atoms with Gasteiger partial charge in [-0.3, -0.25) is 9.59 Å². The Morgan fingerprint density at radius 1 is 1.14 bits per heavy atom. The normalized spacial score (nSPS) is 11.3. The van der Waals surface area contributed by atoms with E-state index in [9.17, 15) is 18.0 Å². The number of ether oxygens (including phenoxy) is 1. The summed E-state index contributed by atoms with van der Waals surface area (Å²) in [5.41, 5.74) is 3.28. The Morgan fingerprint density at radius 2 is 1.76 bits per heavy atom. The van der Waals surface area contributed by atoms with Crippen LogP contribution in [0.3, 0.4) is 0 Å². The molecule has 0 bridgehead atoms. The van der Waals surface area contributed by atoms with Gasteiger partial charge in [-0.25, -0.2) is 13.1 Å². The quantitative estimate of drug-likeness (QED) is 0.526. The first-order valence-electron chi connectivity index (χ1n) is 9.15. The first kappa shape index (κ1) is 22.5. The first-order chi connectivity index (χ1) is 13.4. The van der Waals surface area contributed by atoms with Crippen molar-refractivity contribution in [3.05, 3.63) is 46.2 Å². The highest BCUT2D eigenvalue weighted by Gasteiger charge is 2.26. The Bertz CT molecular complexity index is 1120. The maximum Gasteiger partial charge on any atom is 0.312 e. The van der Waals surface area contributed by atoms with Crippen LogP contribution in [0.5, 0.6) is 5.88 Å². The van der Waals surface area contributed by atoms with E-state index in [1.165, 1.54) is 23.0 Å². The summed E-state index contributed by atoms with van der Waals surface area (Å²) in [6.45, 7) is 8.98. The molecule has 2 rings (SSSR count). The predicted octanol–water partition coefficient (Wildman–Crippen LogP) is 3.49. The molecule has 156 valence electrons. The summed E-state index contributed by atoms with van der Waals surface area (Å²) in [5.74, 6) is -0.806. The van der Waals surface area contributed by atoms with E-state index in [-0.39, 0.29) is 22.8 Å². The van der Waals surface area contributed by atoms with Gasteiger partial charge in [-0.15, -0.1) is 0 Å². The van der Waals surface area contributed by atoms with Crippen LogP contribution in [0.2, 0.25) is 0 Å². The van der Waals surface area contributed by atoms with Gasteiger partial charge in [-0.1, -0.05) is 12.5 Å². The number of rotatable bonds is 6. The van der Waals surface area contributed by atoms with Gasteiger partial charge in [0.2, 0.25) is 5.88 Å². The molecule has 0 aliphatic heterocycles. The van der Waals surface area contributed by atoms with Crippen molar-refractivity contribution in [2.45, 2.75) is 45.9 Å². The molecule has 0 saturated carbocycles. The van der Waals surface area contributed by atoms with Gasteiger partial charge < -0.3 is 4.74 Å². The summed E-state index contributed by atoms with van der Waals surface area (Å²) in [6, 6.07) is 2.94. The second-order valence-electron chi connectivity index (χ2n) is 7.15. The molecule has 2 aromatic rings. The molecule has 1 aromatic heterocycles. The van der Waals surface area contributed by atoms with Crippen molar-refractivity contribution in [2.75, 3.05) is 6.26 Å². The topological polar surface area (TPSA) is 95.3 Å². The van der Waals surface area contributed by atoms with E-state index in [0.29, 0.717) is 16.7 Å². The van der Waals surface area contributed by atoms with E-state index in [1.807, 2.05) is 20.8 Å². The number of nitrogens with zero attached hydrogens (tertiary/aromatic N) is 2. The molecule has 1 heterocycles. The molecule has 0 atom stereocenters. The summed E-state index contributed by atoms with van der Waals surface area (Å²) >= 11 is 0. The van der Waals surface area contributed by atoms with Crippen LogP contribution in [0, 0.1) is 6.92 Å². The van der Waals surface area contributed by atoms with Crippen LogP contribution in [-0.2, 0) is 21.7 Å². The second kappa shape index (κ2) is 8.32. The number of hydrogen-bond donors (Lipinski definition) is 0. The van der Waals surface area contributed by atoms with Crippen LogP contribution in [-0.4, -0.2) is 36.2 Å². The SMILES string of the molecule is CCC(=O)Oc1c(C(=O)c2ccc(S(C)(=O)=O)c(C(C)=C(C)C)c2C)cnn1C. The highest BCUT2D eigenvalue weighted by atomic mass is 32.2. The van der Waals surface area contributed by atoms with Gasteiger partial charge in [-0.05, 0) is 56.5 Å². The minimum atomic E-state index is -3.50. The molecule has 7 nitrogen and oxygen atoms in total. The smallest absolute Gasteiger partial charge is 0.312 e. The number of benzene rings is 1. The lowest BCUT2D eigenvalue weighted by atomic mass is 9.91. The third-order valence-corrected chi connectivity index (χ3v) is 5.96. The van der Waals surface area contributed by atoms with Crippen molar-refractivity contribution < 1.29 is 22.7 Å². The predicted molar refractivity (Wildman–Crippen MR) is 111 cm³/mol. The maximum atomic E-state index is 13.3. The van der Waals surface area contributed by atoms with Crippen LogP contribution >= 0.6 is 0 Å². The monoisotopic (exact) mass is 418 g/mol. The Morgan fingerprint density at radius 3 is 2.28 bits per heavy atom. The van der Waals surface area contributed by atoms with Crippen LogP contribution in [0.15, 0.2) is 28.8 Å². The Hall–Kier alpha value is -2.74. The van der Waals surface area contributed by atoms with Crippen molar-refractivity contribution in [1.29, 1.82) is 0 Å². The Kier molecular flexibility index (Phi) is 6.47. The van der Waals surface area contributed by atoms with Crippen LogP contribution < -0.4 is 4.74 Å². The number of carbonyl (C=O) groups excluding carboxylic acids is 2. The molecular weight excluding hydrogens is 392 g/mol. The number of hydrogen-bond acceptors (Lipinski definition) is 6. The number of ketones is 1. The molecule has 0 aliphatic carbocycles. The molecule has 0 spiro atoms. The van der Waals surface area contributed by atoms with E-state index in [4.69, 9.17) is 4.74 Å². The van der Waals surface area contributed by atoms with Crippen molar-refractivity contribution in [3.63, 3.8) is 0 Å². The molecule has 0 N–H and O–H groups in total. The molecule has 0 radical (unpaired) electrons. The average molecular weight is 419 g/mol. The average Bonchev–Trinajstić information content (AvgIpc) is 2.99. The van der Waals surface area contributed by atoms with Gasteiger partial charge in [0, 0.05) is 25.3 Å². The van der Waals surface area contributed by atoms with E-state index < -0.39 is 21.6 Å². The van der Waals surface area contributed by atoms with E-state index in [1.54, 1.807) is 20.9 Å². The summed E-state index contributed by atoms with van der Waals surface area (Å²) < 4.78 is 31.2. The lowest BCUT2D eigenvalue weighted by molar-refractivity contribution is -0.134. The van der Waals surface area contributed by atoms with Crippen LogP contribution in [0.1, 0.15) is 61.2 Å². The number of sulfone groups is 1. The van der Waals surface area contributed by atoms with Crippen LogP contribution in [0.4, 0.5) is 0 Å². The zero-order valence-electron chi connectivity index (χ0n) is 17.8. The minimum absolute atomic E-state index is 0.0638. The van der Waals surface area contributed by atoms with Crippen LogP contribution in [0.25, 0.3) is 5.57 Å². The largest absolute Gasteiger partial charge is 0.407 e. The number of aryl methyl sites for hydroxylation is 1. The van der Waals surface area contributed by atoms with Crippen molar-refractivity contribution in [3.8, 4) is 5.88 Å². The van der Waals surface area contributed by atoms with Gasteiger partial charge in [0.05, 0.1) is 11.1 Å². The van der Waals surface area contributed by atoms with E-state index in [0.717, 1.165) is 17.4 Å². The van der Waals surface area contributed by atoms with Gasteiger partial charge in [0.1, 0.15) is 5.56 Å². The lowest BCUT2D eigenvalue weighted by Gasteiger charge is -2.17. The minimum Gasteiger partial charge on any atom is -0.407 e. The van der Waals surface area contributed by atoms with E-state index >= 15 is 0 Å². The standard InChI is InChI=1S/C21H26N2O5S/c1-8-18(24)28-21-16(11-22-23(21)6)20(25)15-9-10-17(29(7,26)27)19(14(15)5)13(4)12(2)3/h9-11H,8H2,1-7H3.